The number of nitrogens with one attached hydrogen (secondary N) is 1. The number of rotatable bonds is 2. The van der Waals surface area contributed by atoms with E-state index in [2.05, 4.69) is 0 Å². The van der Waals surface area contributed by atoms with Crippen LogP contribution in [0.1, 0.15) is 25.0 Å². The summed E-state index contributed by atoms with van der Waals surface area (Å²) in [6, 6.07) is 12.6. The Bertz CT molecular complexity index is 1170. The molecule has 1 unspecified atom stereocenters. The van der Waals surface area contributed by atoms with E-state index in [1.807, 2.05) is 0 Å². The molecule has 1 aliphatic heterocycles. The largest absolute Gasteiger partial charge is 0.595 e. The van der Waals surface area contributed by atoms with Gasteiger partial charge in [-0.25, -0.2) is 10.0 Å². The van der Waals surface area contributed by atoms with Crippen LogP contribution in [-0.2, 0) is 4.79 Å². The quantitative estimate of drug-likeness (QED) is 0.403. The van der Waals surface area contributed by atoms with Crippen molar-refractivity contribution in [2.45, 2.75) is 19.4 Å². The zero-order valence-corrected chi connectivity index (χ0v) is 15.2. The van der Waals surface area contributed by atoms with Gasteiger partial charge in [0, 0.05) is 29.2 Å². The highest BCUT2D eigenvalue weighted by molar-refractivity contribution is 6.32. The van der Waals surface area contributed by atoms with E-state index in [1.54, 1.807) is 50.3 Å². The van der Waals surface area contributed by atoms with E-state index in [9.17, 15) is 14.8 Å². The van der Waals surface area contributed by atoms with E-state index < -0.39 is 16.5 Å². The first-order valence-electron chi connectivity index (χ1n) is 8.62. The van der Waals surface area contributed by atoms with Crippen molar-refractivity contribution < 1.29 is 24.4 Å². The molecular formula is C21H17NO6. The first-order chi connectivity index (χ1) is 13.3. The second-order valence-corrected chi connectivity index (χ2v) is 7.04. The lowest BCUT2D eigenvalue weighted by Crippen LogP contribution is -2.99. The standard InChI is InChI=1S/C21H17NO6/c1-21(2)20(24)15(11-12-3-7-14(8-4-12)22(25)26)18-16(28-21)9-5-13-6-10-17(23)27-19(13)18/h3-11,22,25H,1-2H3. The maximum atomic E-state index is 13.1. The van der Waals surface area contributed by atoms with Gasteiger partial charge in [0.05, 0.1) is 5.56 Å². The molecule has 7 nitrogen and oxygen atoms in total. The van der Waals surface area contributed by atoms with Crippen molar-refractivity contribution >= 4 is 34.1 Å². The fourth-order valence-electron chi connectivity index (χ4n) is 3.24. The van der Waals surface area contributed by atoms with Gasteiger partial charge in [-0.1, -0.05) is 0 Å². The number of carbonyl (C=O) groups is 1. The van der Waals surface area contributed by atoms with Crippen molar-refractivity contribution in [1.82, 2.24) is 0 Å². The van der Waals surface area contributed by atoms with Gasteiger partial charge in [-0.15, -0.1) is 0 Å². The highest BCUT2D eigenvalue weighted by Crippen LogP contribution is 2.42. The van der Waals surface area contributed by atoms with E-state index in [1.165, 1.54) is 18.2 Å². The number of hydrogen-bond acceptors (Lipinski definition) is 6. The average molecular weight is 379 g/mol. The molecule has 0 bridgehead atoms. The van der Waals surface area contributed by atoms with E-state index in [0.717, 1.165) is 0 Å². The Morgan fingerprint density at radius 3 is 2.39 bits per heavy atom. The molecule has 4 rings (SSSR count). The summed E-state index contributed by atoms with van der Waals surface area (Å²) in [5.74, 6) is 0.182. The minimum absolute atomic E-state index is 0.151. The number of quaternary nitrogens is 1. The van der Waals surface area contributed by atoms with Crippen LogP contribution in [0.15, 0.2) is 57.7 Å². The van der Waals surface area contributed by atoms with Gasteiger partial charge in [-0.05, 0) is 55.8 Å². The number of carbonyl (C=O) groups excluding carboxylic acids is 1. The van der Waals surface area contributed by atoms with Crippen LogP contribution >= 0.6 is 0 Å². The smallest absolute Gasteiger partial charge is 0.336 e. The second-order valence-electron chi connectivity index (χ2n) is 7.04. The topological polar surface area (TPSA) is 104 Å². The summed E-state index contributed by atoms with van der Waals surface area (Å²) in [6.45, 7) is 3.34. The summed E-state index contributed by atoms with van der Waals surface area (Å²) in [6.07, 6.45) is 1.66. The fraction of sp³-hybridized carbons (Fsp3) is 0.143. The van der Waals surface area contributed by atoms with E-state index in [-0.39, 0.29) is 17.1 Å². The molecule has 2 aromatic carbocycles. The zero-order valence-electron chi connectivity index (χ0n) is 15.2. The molecule has 2 heterocycles. The Balaban J connectivity index is 1.97. The van der Waals surface area contributed by atoms with Crippen molar-refractivity contribution in [3.63, 3.8) is 0 Å². The first-order valence-corrected chi connectivity index (χ1v) is 8.62. The zero-order chi connectivity index (χ0) is 20.1. The van der Waals surface area contributed by atoms with Crippen molar-refractivity contribution in [2.24, 2.45) is 0 Å². The summed E-state index contributed by atoms with van der Waals surface area (Å²) >= 11 is 0. The molecule has 1 aromatic heterocycles. The van der Waals surface area contributed by atoms with Crippen molar-refractivity contribution in [2.75, 3.05) is 0 Å². The highest BCUT2D eigenvalue weighted by Gasteiger charge is 2.40. The molecule has 3 aromatic rings. The van der Waals surface area contributed by atoms with Crippen LogP contribution in [-0.4, -0.2) is 16.6 Å². The molecule has 1 aliphatic rings. The van der Waals surface area contributed by atoms with Gasteiger partial charge in [-0.2, -0.15) is 5.23 Å². The van der Waals surface area contributed by atoms with Crippen LogP contribution in [0.3, 0.4) is 0 Å². The Labute approximate surface area is 159 Å². The van der Waals surface area contributed by atoms with E-state index in [4.69, 9.17) is 14.4 Å². The molecule has 7 heteroatoms. The lowest BCUT2D eigenvalue weighted by atomic mass is 9.86. The lowest BCUT2D eigenvalue weighted by Gasteiger charge is -2.32. The van der Waals surface area contributed by atoms with Crippen molar-refractivity contribution in [3.05, 3.63) is 75.3 Å². The fourth-order valence-corrected chi connectivity index (χ4v) is 3.24. The number of hydrogen-bond donors (Lipinski definition) is 2. The van der Waals surface area contributed by atoms with Gasteiger partial charge in [0.15, 0.2) is 11.3 Å². The minimum atomic E-state index is -1.09. The number of Topliss-reactive ketones (excluding diaryl/α,β-unsaturated/α-hetero) is 1. The van der Waals surface area contributed by atoms with Crippen LogP contribution in [0.2, 0.25) is 0 Å². The molecule has 0 saturated heterocycles. The Kier molecular flexibility index (Phi) is 4.15. The molecular weight excluding hydrogens is 362 g/mol. The molecule has 0 aliphatic carbocycles. The van der Waals surface area contributed by atoms with Gasteiger partial charge in [-0.3, -0.25) is 4.79 Å². The first kappa shape index (κ1) is 18.1. The minimum Gasteiger partial charge on any atom is -0.595 e. The third-order valence-corrected chi connectivity index (χ3v) is 4.65. The maximum absolute atomic E-state index is 13.1. The molecule has 0 saturated carbocycles. The Morgan fingerprint density at radius 1 is 1.04 bits per heavy atom. The molecule has 2 N–H and O–H groups in total. The van der Waals surface area contributed by atoms with Gasteiger partial charge in [0.1, 0.15) is 11.3 Å². The molecule has 0 fully saturated rings. The lowest BCUT2D eigenvalue weighted by molar-refractivity contribution is -0.991. The van der Waals surface area contributed by atoms with Crippen LogP contribution < -0.4 is 15.6 Å². The monoisotopic (exact) mass is 379 g/mol. The SMILES string of the molecule is CC1(C)Oc2ccc3ccc(=O)oc3c2C(=Cc2ccc([NH+]([O-])O)cc2)C1=O. The molecule has 1 atom stereocenters. The predicted octanol–water partition coefficient (Wildman–Crippen LogP) is 2.48. The second kappa shape index (κ2) is 6.42. The Hall–Kier alpha value is -3.26. The van der Waals surface area contributed by atoms with Crippen LogP contribution in [0, 0.1) is 5.21 Å². The number of ether oxygens (including phenoxy) is 1. The number of fused-ring (bicyclic) bond motifs is 3. The van der Waals surface area contributed by atoms with Gasteiger partial charge < -0.3 is 14.4 Å². The van der Waals surface area contributed by atoms with Crippen molar-refractivity contribution in [1.29, 1.82) is 0 Å². The molecule has 142 valence electrons. The van der Waals surface area contributed by atoms with Crippen LogP contribution in [0.5, 0.6) is 5.75 Å². The van der Waals surface area contributed by atoms with E-state index >= 15 is 0 Å². The third kappa shape index (κ3) is 3.01. The third-order valence-electron chi connectivity index (χ3n) is 4.65. The summed E-state index contributed by atoms with van der Waals surface area (Å²) < 4.78 is 11.3. The summed E-state index contributed by atoms with van der Waals surface area (Å²) in [7, 11) is 0. The van der Waals surface area contributed by atoms with Crippen molar-refractivity contribution in [3.8, 4) is 5.75 Å². The Morgan fingerprint density at radius 2 is 1.71 bits per heavy atom. The molecule has 28 heavy (non-hydrogen) atoms. The normalized spacial score (nSPS) is 18.0. The summed E-state index contributed by atoms with van der Waals surface area (Å²) in [5, 5.41) is 19.7. The predicted molar refractivity (Wildman–Crippen MR) is 102 cm³/mol. The molecule has 0 radical (unpaired) electrons. The summed E-state index contributed by atoms with van der Waals surface area (Å²) in [5.41, 5.74) is 0.217. The van der Waals surface area contributed by atoms with Gasteiger partial charge in [0.25, 0.3) is 0 Å². The maximum Gasteiger partial charge on any atom is 0.336 e. The van der Waals surface area contributed by atoms with Crippen LogP contribution in [0.4, 0.5) is 5.69 Å². The number of benzene rings is 2. The highest BCUT2D eigenvalue weighted by atomic mass is 16.8. The van der Waals surface area contributed by atoms with Gasteiger partial charge >= 0.3 is 5.63 Å². The van der Waals surface area contributed by atoms with Crippen LogP contribution in [0.25, 0.3) is 22.6 Å². The van der Waals surface area contributed by atoms with Gasteiger partial charge in [0.2, 0.25) is 5.78 Å². The molecule has 0 spiro atoms. The van der Waals surface area contributed by atoms with E-state index in [0.29, 0.717) is 27.8 Å². The summed E-state index contributed by atoms with van der Waals surface area (Å²) in [4.78, 5) is 24.9. The number of ketones is 1. The molecule has 0 amide bonds. The average Bonchev–Trinajstić information content (AvgIpc) is 2.65.